The molecule has 2 aromatic heterocycles. The Kier molecular flexibility index (Phi) is 5.88. The predicted molar refractivity (Wildman–Crippen MR) is 90.3 cm³/mol. The van der Waals surface area contributed by atoms with Crippen LogP contribution >= 0.6 is 23.2 Å². The third-order valence-corrected chi connectivity index (χ3v) is 4.20. The molecule has 0 bridgehead atoms. The SMILES string of the molecule is CCCCCCC(C)n1c(C(C)Cl)nc2cc(Cl)cnc21. The number of halogens is 2. The third kappa shape index (κ3) is 3.89. The Morgan fingerprint density at radius 1 is 1.24 bits per heavy atom. The van der Waals surface area contributed by atoms with Gasteiger partial charge in [-0.05, 0) is 26.3 Å². The van der Waals surface area contributed by atoms with E-state index in [0.717, 1.165) is 23.4 Å². The molecule has 2 heterocycles. The number of hydrogen-bond acceptors (Lipinski definition) is 2. The first-order valence-corrected chi connectivity index (χ1v) is 8.53. The summed E-state index contributed by atoms with van der Waals surface area (Å²) in [6, 6.07) is 2.20. The normalized spacial score (nSPS) is 14.5. The number of rotatable bonds is 7. The molecule has 0 aromatic carbocycles. The minimum absolute atomic E-state index is 0.143. The maximum absolute atomic E-state index is 6.30. The van der Waals surface area contributed by atoms with Gasteiger partial charge >= 0.3 is 0 Å². The molecule has 0 aliphatic rings. The molecule has 0 radical (unpaired) electrons. The largest absolute Gasteiger partial charge is 0.309 e. The van der Waals surface area contributed by atoms with Crippen LogP contribution in [-0.2, 0) is 0 Å². The molecule has 0 saturated carbocycles. The Balaban J connectivity index is 2.29. The highest BCUT2D eigenvalue weighted by atomic mass is 35.5. The summed E-state index contributed by atoms with van der Waals surface area (Å²) in [6.07, 6.45) is 7.84. The van der Waals surface area contributed by atoms with Gasteiger partial charge in [0.2, 0.25) is 0 Å². The lowest BCUT2D eigenvalue weighted by atomic mass is 10.1. The zero-order chi connectivity index (χ0) is 15.4. The molecule has 0 amide bonds. The summed E-state index contributed by atoms with van der Waals surface area (Å²) in [7, 11) is 0. The molecule has 0 spiro atoms. The van der Waals surface area contributed by atoms with Crippen molar-refractivity contribution in [1.29, 1.82) is 0 Å². The second kappa shape index (κ2) is 7.46. The van der Waals surface area contributed by atoms with Crippen LogP contribution in [0.1, 0.15) is 70.1 Å². The number of alkyl halides is 1. The van der Waals surface area contributed by atoms with Crippen molar-refractivity contribution in [2.24, 2.45) is 0 Å². The lowest BCUT2D eigenvalue weighted by molar-refractivity contribution is 0.466. The molecule has 3 nitrogen and oxygen atoms in total. The van der Waals surface area contributed by atoms with E-state index >= 15 is 0 Å². The van der Waals surface area contributed by atoms with Crippen LogP contribution in [0.2, 0.25) is 5.02 Å². The Labute approximate surface area is 136 Å². The van der Waals surface area contributed by atoms with Gasteiger partial charge in [-0.2, -0.15) is 0 Å². The highest BCUT2D eigenvalue weighted by Crippen LogP contribution is 2.30. The van der Waals surface area contributed by atoms with E-state index in [1.165, 1.54) is 25.7 Å². The van der Waals surface area contributed by atoms with Gasteiger partial charge < -0.3 is 4.57 Å². The van der Waals surface area contributed by atoms with Crippen molar-refractivity contribution in [1.82, 2.24) is 14.5 Å². The molecular formula is C16H23Cl2N3. The van der Waals surface area contributed by atoms with E-state index in [0.29, 0.717) is 11.1 Å². The van der Waals surface area contributed by atoms with Gasteiger partial charge in [0.15, 0.2) is 5.65 Å². The number of pyridine rings is 1. The van der Waals surface area contributed by atoms with Crippen LogP contribution in [-0.4, -0.2) is 14.5 Å². The molecule has 0 fully saturated rings. The number of aromatic nitrogens is 3. The molecule has 2 rings (SSSR count). The molecule has 0 aliphatic carbocycles. The highest BCUT2D eigenvalue weighted by Gasteiger charge is 2.20. The van der Waals surface area contributed by atoms with E-state index in [-0.39, 0.29) is 5.38 Å². The molecule has 0 saturated heterocycles. The van der Waals surface area contributed by atoms with Crippen LogP contribution in [0.3, 0.4) is 0 Å². The van der Waals surface area contributed by atoms with E-state index in [9.17, 15) is 0 Å². The summed E-state index contributed by atoms with van der Waals surface area (Å²) in [4.78, 5) is 9.08. The van der Waals surface area contributed by atoms with Crippen molar-refractivity contribution in [3.63, 3.8) is 0 Å². The average Bonchev–Trinajstić information content (AvgIpc) is 2.82. The minimum atomic E-state index is -0.143. The van der Waals surface area contributed by atoms with Crippen molar-refractivity contribution in [3.8, 4) is 0 Å². The van der Waals surface area contributed by atoms with Crippen molar-refractivity contribution in [2.75, 3.05) is 0 Å². The van der Waals surface area contributed by atoms with Gasteiger partial charge in [-0.25, -0.2) is 9.97 Å². The molecule has 5 heteroatoms. The summed E-state index contributed by atoms with van der Waals surface area (Å²) in [6.45, 7) is 6.39. The second-order valence-electron chi connectivity index (χ2n) is 5.65. The van der Waals surface area contributed by atoms with Crippen LogP contribution in [0.4, 0.5) is 0 Å². The Bertz CT molecular complexity index is 592. The van der Waals surface area contributed by atoms with E-state index in [1.54, 1.807) is 6.20 Å². The van der Waals surface area contributed by atoms with Crippen LogP contribution in [0.15, 0.2) is 12.3 Å². The van der Waals surface area contributed by atoms with E-state index in [4.69, 9.17) is 23.2 Å². The predicted octanol–water partition coefficient (Wildman–Crippen LogP) is 5.92. The molecule has 2 unspecified atom stereocenters. The zero-order valence-corrected chi connectivity index (χ0v) is 14.5. The second-order valence-corrected chi connectivity index (χ2v) is 6.74. The fourth-order valence-corrected chi connectivity index (χ4v) is 2.99. The van der Waals surface area contributed by atoms with Crippen molar-refractivity contribution >= 4 is 34.4 Å². The fraction of sp³-hybridized carbons (Fsp3) is 0.625. The summed E-state index contributed by atoms with van der Waals surface area (Å²) >= 11 is 12.3. The van der Waals surface area contributed by atoms with Crippen LogP contribution in [0, 0.1) is 0 Å². The van der Waals surface area contributed by atoms with E-state index in [1.807, 2.05) is 13.0 Å². The van der Waals surface area contributed by atoms with E-state index < -0.39 is 0 Å². The fourth-order valence-electron chi connectivity index (χ4n) is 2.69. The lowest BCUT2D eigenvalue weighted by Gasteiger charge is -2.18. The van der Waals surface area contributed by atoms with Gasteiger partial charge in [-0.1, -0.05) is 44.2 Å². The summed E-state index contributed by atoms with van der Waals surface area (Å²) in [5, 5.41) is 0.465. The molecule has 2 aromatic rings. The van der Waals surface area contributed by atoms with Crippen molar-refractivity contribution < 1.29 is 0 Å². The maximum atomic E-state index is 6.30. The van der Waals surface area contributed by atoms with Gasteiger partial charge in [0.25, 0.3) is 0 Å². The van der Waals surface area contributed by atoms with E-state index in [2.05, 4.69) is 28.4 Å². The lowest BCUT2D eigenvalue weighted by Crippen LogP contribution is -2.10. The monoisotopic (exact) mass is 327 g/mol. The number of fused-ring (bicyclic) bond motifs is 1. The molecule has 21 heavy (non-hydrogen) atoms. The number of hydrogen-bond donors (Lipinski definition) is 0. The Morgan fingerprint density at radius 2 is 2.00 bits per heavy atom. The van der Waals surface area contributed by atoms with Crippen LogP contribution < -0.4 is 0 Å². The van der Waals surface area contributed by atoms with Gasteiger partial charge in [0.1, 0.15) is 11.3 Å². The Hall–Kier alpha value is -0.800. The van der Waals surface area contributed by atoms with Gasteiger partial charge in [-0.15, -0.1) is 11.6 Å². The van der Waals surface area contributed by atoms with Crippen molar-refractivity contribution in [3.05, 3.63) is 23.1 Å². The zero-order valence-electron chi connectivity index (χ0n) is 12.9. The first-order chi connectivity index (χ1) is 10.0. The maximum Gasteiger partial charge on any atom is 0.160 e. The van der Waals surface area contributed by atoms with Gasteiger partial charge in [-0.3, -0.25) is 0 Å². The van der Waals surface area contributed by atoms with Gasteiger partial charge in [0, 0.05) is 12.2 Å². The average molecular weight is 328 g/mol. The highest BCUT2D eigenvalue weighted by molar-refractivity contribution is 6.31. The summed E-state index contributed by atoms with van der Waals surface area (Å²) < 4.78 is 2.18. The third-order valence-electron chi connectivity index (χ3n) is 3.80. The topological polar surface area (TPSA) is 30.7 Å². The summed E-state index contributed by atoms with van der Waals surface area (Å²) in [5.41, 5.74) is 1.70. The molecule has 0 N–H and O–H groups in total. The molecular weight excluding hydrogens is 305 g/mol. The van der Waals surface area contributed by atoms with Crippen molar-refractivity contribution in [2.45, 2.75) is 64.3 Å². The Morgan fingerprint density at radius 3 is 2.67 bits per heavy atom. The number of nitrogens with zero attached hydrogens (tertiary/aromatic N) is 3. The number of unbranched alkanes of at least 4 members (excludes halogenated alkanes) is 3. The minimum Gasteiger partial charge on any atom is -0.309 e. The quantitative estimate of drug-likeness (QED) is 0.467. The molecule has 116 valence electrons. The van der Waals surface area contributed by atoms with Crippen LogP contribution in [0.5, 0.6) is 0 Å². The number of imidazole rings is 1. The standard InChI is InChI=1S/C16H23Cl2N3/c1-4-5-6-7-8-11(2)21-15(12(3)17)20-14-9-13(18)10-19-16(14)21/h9-12H,4-8H2,1-3H3. The molecule has 0 aliphatic heterocycles. The molecule has 2 atom stereocenters. The summed E-state index contributed by atoms with van der Waals surface area (Å²) in [5.74, 6) is 0.879. The van der Waals surface area contributed by atoms with Gasteiger partial charge in [0.05, 0.1) is 10.4 Å². The first-order valence-electron chi connectivity index (χ1n) is 7.72. The van der Waals surface area contributed by atoms with Crippen LogP contribution in [0.25, 0.3) is 11.2 Å². The smallest absolute Gasteiger partial charge is 0.160 e. The first kappa shape index (κ1) is 16.6.